The molecule has 4 atom stereocenters. The van der Waals surface area contributed by atoms with Gasteiger partial charge in [-0.05, 0) is 25.7 Å². The van der Waals surface area contributed by atoms with Crippen molar-refractivity contribution in [1.29, 1.82) is 0 Å². The third-order valence-corrected chi connectivity index (χ3v) is 6.22. The van der Waals surface area contributed by atoms with Crippen LogP contribution in [0.5, 0.6) is 0 Å². The number of rotatable bonds is 20. The molecule has 0 radical (unpaired) electrons. The lowest BCUT2D eigenvalue weighted by Gasteiger charge is -2.37. The number of hydrogen-bond acceptors (Lipinski definition) is 5. The van der Waals surface area contributed by atoms with Gasteiger partial charge in [-0.3, -0.25) is 0 Å². The van der Waals surface area contributed by atoms with Crippen molar-refractivity contribution in [2.24, 2.45) is 0 Å². The van der Waals surface area contributed by atoms with E-state index in [0.29, 0.717) is 6.61 Å². The zero-order valence-corrected chi connectivity index (χ0v) is 20.1. The van der Waals surface area contributed by atoms with E-state index in [1.54, 1.807) is 0 Å². The van der Waals surface area contributed by atoms with Crippen LogP contribution in [0, 0.1) is 0 Å². The molecule has 0 spiro atoms. The molecule has 31 heavy (non-hydrogen) atoms. The summed E-state index contributed by atoms with van der Waals surface area (Å²) in [6.07, 6.45) is 22.3. The highest BCUT2D eigenvalue weighted by Gasteiger charge is 2.39. The maximum absolute atomic E-state index is 10.0. The Hall–Kier alpha value is -0.460. The number of unbranched alkanes of at least 4 members (excludes halogenated alkanes) is 14. The molecule has 1 aliphatic rings. The zero-order chi connectivity index (χ0) is 22.6. The third-order valence-electron chi connectivity index (χ3n) is 6.22. The molecular weight excluding hydrogens is 392 g/mol. The molecule has 5 nitrogen and oxygen atoms in total. The van der Waals surface area contributed by atoms with E-state index in [1.165, 1.54) is 83.5 Å². The number of hydrogen-bond donors (Lipinski definition) is 3. The highest BCUT2D eigenvalue weighted by atomic mass is 16.6. The molecule has 3 N–H and O–H groups in total. The number of aliphatic hydroxyl groups excluding tert-OH is 3. The van der Waals surface area contributed by atoms with Crippen LogP contribution >= 0.6 is 0 Å². The molecule has 0 aromatic heterocycles. The summed E-state index contributed by atoms with van der Waals surface area (Å²) < 4.78 is 11.0. The molecule has 1 aliphatic heterocycles. The van der Waals surface area contributed by atoms with Crippen molar-refractivity contribution in [3.8, 4) is 0 Å². The van der Waals surface area contributed by atoms with Crippen LogP contribution in [0.25, 0.3) is 0 Å². The highest BCUT2D eigenvalue weighted by Crippen LogP contribution is 2.19. The molecule has 1 heterocycles. The SMILES string of the molecule is CCCCCCCCCCCCCCC/C=C/CCCO[C@@H]1[C@@H](O)[C@H](O)CO[C@H]1CO. The van der Waals surface area contributed by atoms with Gasteiger partial charge in [-0.1, -0.05) is 96.1 Å². The monoisotopic (exact) mass is 442 g/mol. The van der Waals surface area contributed by atoms with Gasteiger partial charge >= 0.3 is 0 Å². The first-order valence-corrected chi connectivity index (χ1v) is 13.1. The molecule has 184 valence electrons. The first-order chi connectivity index (χ1) is 15.2. The van der Waals surface area contributed by atoms with Crippen LogP contribution in [0.4, 0.5) is 0 Å². The summed E-state index contributed by atoms with van der Waals surface area (Å²) >= 11 is 0. The van der Waals surface area contributed by atoms with E-state index in [2.05, 4.69) is 19.1 Å². The average molecular weight is 443 g/mol. The fourth-order valence-corrected chi connectivity index (χ4v) is 4.15. The van der Waals surface area contributed by atoms with E-state index >= 15 is 0 Å². The Morgan fingerprint density at radius 3 is 1.84 bits per heavy atom. The second-order valence-electron chi connectivity index (χ2n) is 9.09. The van der Waals surface area contributed by atoms with E-state index in [-0.39, 0.29) is 13.2 Å². The standard InChI is InChI=1S/C26H50O5/c1-2-3-4-5-6-7-8-9-10-11-12-13-14-15-16-17-18-19-20-30-26-24(21-27)31-22-23(28)25(26)29/h16-17,23-29H,2-15,18-22H2,1H3/b17-16+/t23-,24+,25+,26+/m1/s1. The van der Waals surface area contributed by atoms with Crippen LogP contribution < -0.4 is 0 Å². The van der Waals surface area contributed by atoms with E-state index in [9.17, 15) is 15.3 Å². The normalized spacial score (nSPS) is 24.3. The first-order valence-electron chi connectivity index (χ1n) is 13.1. The third kappa shape index (κ3) is 14.3. The van der Waals surface area contributed by atoms with Crippen LogP contribution in [0.1, 0.15) is 110 Å². The first kappa shape index (κ1) is 28.6. The maximum atomic E-state index is 10.0. The summed E-state index contributed by atoms with van der Waals surface area (Å²) in [6, 6.07) is 0. The summed E-state index contributed by atoms with van der Waals surface area (Å²) in [7, 11) is 0. The van der Waals surface area contributed by atoms with Crippen molar-refractivity contribution in [1.82, 2.24) is 0 Å². The van der Waals surface area contributed by atoms with E-state index in [4.69, 9.17) is 9.47 Å². The zero-order valence-electron chi connectivity index (χ0n) is 20.1. The molecular formula is C26H50O5. The van der Waals surface area contributed by atoms with E-state index in [1.807, 2.05) is 0 Å². The van der Waals surface area contributed by atoms with Crippen molar-refractivity contribution in [3.63, 3.8) is 0 Å². The Bertz CT molecular complexity index is 413. The summed E-state index contributed by atoms with van der Waals surface area (Å²) in [4.78, 5) is 0. The average Bonchev–Trinajstić information content (AvgIpc) is 2.78. The van der Waals surface area contributed by atoms with Gasteiger partial charge in [0.25, 0.3) is 0 Å². The van der Waals surface area contributed by atoms with Gasteiger partial charge < -0.3 is 24.8 Å². The molecule has 0 aromatic carbocycles. The Morgan fingerprint density at radius 2 is 1.29 bits per heavy atom. The Morgan fingerprint density at radius 1 is 0.774 bits per heavy atom. The number of aliphatic hydroxyl groups is 3. The molecule has 1 fully saturated rings. The lowest BCUT2D eigenvalue weighted by atomic mass is 10.0. The fraction of sp³-hybridized carbons (Fsp3) is 0.923. The van der Waals surface area contributed by atoms with Crippen LogP contribution in [-0.2, 0) is 9.47 Å². The van der Waals surface area contributed by atoms with Gasteiger partial charge in [-0.25, -0.2) is 0 Å². The summed E-state index contributed by atoms with van der Waals surface area (Å²) in [6.45, 7) is 2.58. The Balaban J connectivity index is 1.85. The van der Waals surface area contributed by atoms with Gasteiger partial charge in [-0.2, -0.15) is 0 Å². The van der Waals surface area contributed by atoms with Crippen molar-refractivity contribution in [3.05, 3.63) is 12.2 Å². The molecule has 5 heteroatoms. The molecule has 0 saturated carbocycles. The predicted molar refractivity (Wildman–Crippen MR) is 127 cm³/mol. The highest BCUT2D eigenvalue weighted by molar-refractivity contribution is 4.88. The van der Waals surface area contributed by atoms with E-state index < -0.39 is 24.4 Å². The minimum Gasteiger partial charge on any atom is -0.394 e. The van der Waals surface area contributed by atoms with Crippen LogP contribution in [-0.4, -0.2) is 59.6 Å². The van der Waals surface area contributed by atoms with Gasteiger partial charge in [0.2, 0.25) is 0 Å². The van der Waals surface area contributed by atoms with Gasteiger partial charge in [0, 0.05) is 6.61 Å². The second kappa shape index (κ2) is 20.2. The molecule has 0 aliphatic carbocycles. The van der Waals surface area contributed by atoms with Crippen molar-refractivity contribution in [2.75, 3.05) is 19.8 Å². The molecule has 0 unspecified atom stereocenters. The predicted octanol–water partition coefficient (Wildman–Crippen LogP) is 5.30. The fourth-order valence-electron chi connectivity index (χ4n) is 4.15. The van der Waals surface area contributed by atoms with Crippen molar-refractivity contribution < 1.29 is 24.8 Å². The lowest BCUT2D eigenvalue weighted by molar-refractivity contribution is -0.211. The van der Waals surface area contributed by atoms with Crippen molar-refractivity contribution >= 4 is 0 Å². The second-order valence-corrected chi connectivity index (χ2v) is 9.09. The summed E-state index contributed by atoms with van der Waals surface area (Å²) in [5.41, 5.74) is 0. The van der Waals surface area contributed by atoms with Crippen LogP contribution in [0.3, 0.4) is 0 Å². The van der Waals surface area contributed by atoms with E-state index in [0.717, 1.165) is 19.3 Å². The molecule has 0 bridgehead atoms. The Kier molecular flexibility index (Phi) is 18.6. The summed E-state index contributed by atoms with van der Waals surface area (Å²) in [5, 5.41) is 29.0. The van der Waals surface area contributed by atoms with Gasteiger partial charge in [0.1, 0.15) is 24.4 Å². The minimum absolute atomic E-state index is 0.0359. The van der Waals surface area contributed by atoms with Crippen LogP contribution in [0.2, 0.25) is 0 Å². The quantitative estimate of drug-likeness (QED) is 0.176. The smallest absolute Gasteiger partial charge is 0.114 e. The lowest BCUT2D eigenvalue weighted by Crippen LogP contribution is -2.55. The largest absolute Gasteiger partial charge is 0.394 e. The minimum atomic E-state index is -1.00. The molecule has 1 rings (SSSR count). The van der Waals surface area contributed by atoms with Crippen LogP contribution in [0.15, 0.2) is 12.2 Å². The molecule has 1 saturated heterocycles. The van der Waals surface area contributed by atoms with Gasteiger partial charge in [0.05, 0.1) is 13.2 Å². The Labute approximate surface area is 191 Å². The topological polar surface area (TPSA) is 79.2 Å². The maximum Gasteiger partial charge on any atom is 0.114 e. The van der Waals surface area contributed by atoms with Gasteiger partial charge in [0.15, 0.2) is 0 Å². The molecule has 0 amide bonds. The van der Waals surface area contributed by atoms with Crippen molar-refractivity contribution in [2.45, 2.75) is 134 Å². The summed E-state index contributed by atoms with van der Waals surface area (Å²) in [5.74, 6) is 0. The number of allylic oxidation sites excluding steroid dienone is 2. The van der Waals surface area contributed by atoms with Gasteiger partial charge in [-0.15, -0.1) is 0 Å². The number of ether oxygens (including phenoxy) is 2. The molecule has 0 aromatic rings.